The van der Waals surface area contributed by atoms with Gasteiger partial charge in [-0.1, -0.05) is 12.1 Å². The summed E-state index contributed by atoms with van der Waals surface area (Å²) in [6.07, 6.45) is 0. The highest BCUT2D eigenvalue weighted by Crippen LogP contribution is 2.42. The highest BCUT2D eigenvalue weighted by atomic mass is 32.2. The molecule has 0 aromatic heterocycles. The Balaban J connectivity index is 1.90. The zero-order valence-corrected chi connectivity index (χ0v) is 13.2. The van der Waals surface area contributed by atoms with Gasteiger partial charge in [0.2, 0.25) is 5.91 Å². The van der Waals surface area contributed by atoms with Crippen LogP contribution in [-0.4, -0.2) is 18.3 Å². The third-order valence-electron chi connectivity index (χ3n) is 3.49. The van der Waals surface area contributed by atoms with Gasteiger partial charge in [-0.3, -0.25) is 9.69 Å². The van der Waals surface area contributed by atoms with Gasteiger partial charge in [0.05, 0.1) is 12.4 Å². The maximum absolute atomic E-state index is 12.3. The molecule has 3 rings (SSSR count). The Hall–Kier alpha value is -2.14. The number of amides is 1. The first kappa shape index (κ1) is 14.8. The zero-order valence-electron chi connectivity index (χ0n) is 12.4. The molecule has 2 aromatic rings. The van der Waals surface area contributed by atoms with Crippen molar-refractivity contribution in [1.29, 1.82) is 0 Å². The SMILES string of the molecule is CCOc1ccc(N2C(=O)CS[C@H]2c2cccc(N)c2)cc1. The highest BCUT2D eigenvalue weighted by molar-refractivity contribution is 8.00. The molecule has 22 heavy (non-hydrogen) atoms. The summed E-state index contributed by atoms with van der Waals surface area (Å²) in [6.45, 7) is 2.58. The summed E-state index contributed by atoms with van der Waals surface area (Å²) in [5.74, 6) is 1.40. The van der Waals surface area contributed by atoms with E-state index in [1.165, 1.54) is 0 Å². The van der Waals surface area contributed by atoms with Crippen LogP contribution in [0.3, 0.4) is 0 Å². The number of thioether (sulfide) groups is 1. The molecule has 1 saturated heterocycles. The number of hydrogen-bond acceptors (Lipinski definition) is 4. The van der Waals surface area contributed by atoms with E-state index in [-0.39, 0.29) is 11.3 Å². The lowest BCUT2D eigenvalue weighted by molar-refractivity contribution is -0.115. The van der Waals surface area contributed by atoms with Crippen LogP contribution in [0.2, 0.25) is 0 Å². The van der Waals surface area contributed by atoms with Crippen LogP contribution in [-0.2, 0) is 4.79 Å². The molecule has 2 N–H and O–H groups in total. The van der Waals surface area contributed by atoms with E-state index < -0.39 is 0 Å². The minimum atomic E-state index is -0.0334. The number of nitrogens with two attached hydrogens (primary N) is 1. The maximum atomic E-state index is 12.3. The Morgan fingerprint density at radius 2 is 2.05 bits per heavy atom. The van der Waals surface area contributed by atoms with Crippen LogP contribution < -0.4 is 15.4 Å². The van der Waals surface area contributed by atoms with Crippen molar-refractivity contribution >= 4 is 29.0 Å². The topological polar surface area (TPSA) is 55.6 Å². The minimum Gasteiger partial charge on any atom is -0.494 e. The standard InChI is InChI=1S/C17H18N2O2S/c1-2-21-15-8-6-14(7-9-15)19-16(20)11-22-17(19)12-4-3-5-13(18)10-12/h3-10,17H,2,11,18H2,1H3/t17-/m0/s1. The monoisotopic (exact) mass is 314 g/mol. The van der Waals surface area contributed by atoms with E-state index in [1.54, 1.807) is 11.8 Å². The highest BCUT2D eigenvalue weighted by Gasteiger charge is 2.34. The summed E-state index contributed by atoms with van der Waals surface area (Å²) in [5, 5.41) is -0.0334. The number of nitrogens with zero attached hydrogens (tertiary/aromatic N) is 1. The van der Waals surface area contributed by atoms with E-state index in [1.807, 2.05) is 60.4 Å². The second-order valence-corrected chi connectivity index (χ2v) is 6.09. The van der Waals surface area contributed by atoms with Crippen LogP contribution in [0.4, 0.5) is 11.4 Å². The van der Waals surface area contributed by atoms with Gasteiger partial charge in [-0.05, 0) is 48.9 Å². The molecule has 2 aromatic carbocycles. The molecule has 0 saturated carbocycles. The molecule has 0 aliphatic carbocycles. The first-order valence-electron chi connectivity index (χ1n) is 7.21. The molecular formula is C17H18N2O2S. The van der Waals surface area contributed by atoms with Crippen molar-refractivity contribution in [2.45, 2.75) is 12.3 Å². The van der Waals surface area contributed by atoms with Gasteiger partial charge in [-0.15, -0.1) is 11.8 Å². The van der Waals surface area contributed by atoms with Crippen molar-refractivity contribution in [2.24, 2.45) is 0 Å². The van der Waals surface area contributed by atoms with Crippen molar-refractivity contribution < 1.29 is 9.53 Å². The number of rotatable bonds is 4. The summed E-state index contributed by atoms with van der Waals surface area (Å²) < 4.78 is 5.45. The quantitative estimate of drug-likeness (QED) is 0.878. The number of carbonyl (C=O) groups is 1. The van der Waals surface area contributed by atoms with Gasteiger partial charge in [0.25, 0.3) is 0 Å². The third-order valence-corrected chi connectivity index (χ3v) is 4.70. The Morgan fingerprint density at radius 3 is 2.73 bits per heavy atom. The second kappa shape index (κ2) is 6.32. The van der Waals surface area contributed by atoms with E-state index in [0.29, 0.717) is 18.0 Å². The number of anilines is 2. The van der Waals surface area contributed by atoms with E-state index in [4.69, 9.17) is 10.5 Å². The Bertz CT molecular complexity index is 673. The molecule has 1 heterocycles. The van der Waals surface area contributed by atoms with Crippen molar-refractivity contribution in [1.82, 2.24) is 0 Å². The van der Waals surface area contributed by atoms with Crippen molar-refractivity contribution in [3.63, 3.8) is 0 Å². The van der Waals surface area contributed by atoms with Crippen LogP contribution in [0.25, 0.3) is 0 Å². The molecule has 4 nitrogen and oxygen atoms in total. The molecule has 1 aliphatic heterocycles. The normalized spacial score (nSPS) is 17.8. The van der Waals surface area contributed by atoms with Gasteiger partial charge in [-0.2, -0.15) is 0 Å². The molecule has 5 heteroatoms. The van der Waals surface area contributed by atoms with Gasteiger partial charge in [0, 0.05) is 11.4 Å². The van der Waals surface area contributed by atoms with E-state index >= 15 is 0 Å². The summed E-state index contributed by atoms with van der Waals surface area (Å²) in [4.78, 5) is 14.1. The Morgan fingerprint density at radius 1 is 1.27 bits per heavy atom. The lowest BCUT2D eigenvalue weighted by atomic mass is 10.1. The number of carbonyl (C=O) groups excluding carboxylic acids is 1. The summed E-state index contributed by atoms with van der Waals surface area (Å²) >= 11 is 1.62. The average Bonchev–Trinajstić information content (AvgIpc) is 2.90. The van der Waals surface area contributed by atoms with Crippen molar-refractivity contribution in [2.75, 3.05) is 23.0 Å². The second-order valence-electron chi connectivity index (χ2n) is 5.02. The van der Waals surface area contributed by atoms with Crippen LogP contribution >= 0.6 is 11.8 Å². The molecule has 1 amide bonds. The van der Waals surface area contributed by atoms with Gasteiger partial charge >= 0.3 is 0 Å². The Kier molecular flexibility index (Phi) is 4.24. The molecule has 1 fully saturated rings. The van der Waals surface area contributed by atoms with Gasteiger partial charge in [0.15, 0.2) is 0 Å². The fourth-order valence-electron chi connectivity index (χ4n) is 2.53. The van der Waals surface area contributed by atoms with Gasteiger partial charge in [0.1, 0.15) is 11.1 Å². The predicted molar refractivity (Wildman–Crippen MR) is 91.2 cm³/mol. The number of benzene rings is 2. The van der Waals surface area contributed by atoms with Gasteiger partial charge < -0.3 is 10.5 Å². The minimum absolute atomic E-state index is 0.0334. The molecule has 1 atom stereocenters. The zero-order chi connectivity index (χ0) is 15.5. The van der Waals surface area contributed by atoms with Crippen molar-refractivity contribution in [3.05, 3.63) is 54.1 Å². The molecular weight excluding hydrogens is 296 g/mol. The smallest absolute Gasteiger partial charge is 0.238 e. The number of nitrogen functional groups attached to an aromatic ring is 1. The Labute approximate surface area is 134 Å². The van der Waals surface area contributed by atoms with E-state index in [9.17, 15) is 4.79 Å². The molecule has 0 radical (unpaired) electrons. The first-order chi connectivity index (χ1) is 10.7. The molecule has 114 valence electrons. The average molecular weight is 314 g/mol. The van der Waals surface area contributed by atoms with Gasteiger partial charge in [-0.25, -0.2) is 0 Å². The predicted octanol–water partition coefficient (Wildman–Crippen LogP) is 3.45. The van der Waals surface area contributed by atoms with Crippen LogP contribution in [0, 0.1) is 0 Å². The molecule has 1 aliphatic rings. The largest absolute Gasteiger partial charge is 0.494 e. The van der Waals surface area contributed by atoms with Crippen LogP contribution in [0.1, 0.15) is 17.9 Å². The van der Waals surface area contributed by atoms with Crippen molar-refractivity contribution in [3.8, 4) is 5.75 Å². The molecule has 0 spiro atoms. The van der Waals surface area contributed by atoms with E-state index in [0.717, 1.165) is 17.0 Å². The summed E-state index contributed by atoms with van der Waals surface area (Å²) in [7, 11) is 0. The molecule has 0 bridgehead atoms. The third kappa shape index (κ3) is 2.90. The molecule has 0 unspecified atom stereocenters. The summed E-state index contributed by atoms with van der Waals surface area (Å²) in [5.41, 5.74) is 8.51. The lowest BCUT2D eigenvalue weighted by Crippen LogP contribution is -2.27. The van der Waals surface area contributed by atoms with E-state index in [2.05, 4.69) is 0 Å². The summed E-state index contributed by atoms with van der Waals surface area (Å²) in [6, 6.07) is 15.3. The number of hydrogen-bond donors (Lipinski definition) is 1. The first-order valence-corrected chi connectivity index (χ1v) is 8.26. The maximum Gasteiger partial charge on any atom is 0.238 e. The number of ether oxygens (including phenoxy) is 1. The van der Waals surface area contributed by atoms with Crippen LogP contribution in [0.5, 0.6) is 5.75 Å². The fraction of sp³-hybridized carbons (Fsp3) is 0.235. The lowest BCUT2D eigenvalue weighted by Gasteiger charge is -2.24. The fourth-order valence-corrected chi connectivity index (χ4v) is 3.70. The van der Waals surface area contributed by atoms with Crippen LogP contribution in [0.15, 0.2) is 48.5 Å².